The average Bonchev–Trinajstić information content (AvgIpc) is 2.85. The molecule has 4 unspecified atom stereocenters. The van der Waals surface area contributed by atoms with E-state index in [9.17, 15) is 30.3 Å². The zero-order valence-corrected chi connectivity index (χ0v) is 18.4. The highest BCUT2D eigenvalue weighted by atomic mass is 16.6. The van der Waals surface area contributed by atoms with Crippen LogP contribution in [0.2, 0.25) is 0 Å². The Morgan fingerprint density at radius 2 is 1.54 bits per heavy atom. The first kappa shape index (κ1) is 22.6. The molecule has 0 saturated carbocycles. The molecule has 2 aliphatic rings. The number of hydrogen-bond donors (Lipinski definition) is 5. The predicted molar refractivity (Wildman–Crippen MR) is 119 cm³/mol. The molecule has 2 aliphatic heterocycles. The van der Waals surface area contributed by atoms with Gasteiger partial charge in [0.1, 0.15) is 22.8 Å². The molecular formula is C25H22O10. The Hall–Kier alpha value is -4.15. The summed E-state index contributed by atoms with van der Waals surface area (Å²) in [6, 6.07) is 11.6. The van der Waals surface area contributed by atoms with Crippen molar-refractivity contribution in [1.82, 2.24) is 0 Å². The second-order valence-electron chi connectivity index (χ2n) is 8.20. The largest absolute Gasteiger partial charge is 0.508 e. The van der Waals surface area contributed by atoms with E-state index in [4.69, 9.17) is 18.9 Å². The summed E-state index contributed by atoms with van der Waals surface area (Å²) in [7, 11) is 1.42. The van der Waals surface area contributed by atoms with Crippen LogP contribution in [-0.4, -0.2) is 57.2 Å². The number of phenolic OH excluding ortho intramolecular Hbond substituents is 3. The highest BCUT2D eigenvalue weighted by Gasteiger charge is 2.40. The number of aliphatic hydroxyl groups is 2. The van der Waals surface area contributed by atoms with Gasteiger partial charge in [-0.2, -0.15) is 0 Å². The Bertz CT molecular complexity index is 1300. The van der Waals surface area contributed by atoms with E-state index < -0.39 is 35.9 Å². The second kappa shape index (κ2) is 8.57. The number of methoxy groups -OCH3 is 1. The van der Waals surface area contributed by atoms with Crippen LogP contribution in [0.3, 0.4) is 0 Å². The van der Waals surface area contributed by atoms with Crippen LogP contribution in [0.5, 0.6) is 40.2 Å². The molecule has 10 heteroatoms. The van der Waals surface area contributed by atoms with E-state index in [-0.39, 0.29) is 40.9 Å². The molecule has 0 fully saturated rings. The fourth-order valence-corrected chi connectivity index (χ4v) is 4.28. The van der Waals surface area contributed by atoms with Crippen LogP contribution in [-0.2, 0) is 0 Å². The molecule has 2 heterocycles. The van der Waals surface area contributed by atoms with Crippen LogP contribution in [0.25, 0.3) is 0 Å². The van der Waals surface area contributed by atoms with Gasteiger partial charge in [0.2, 0.25) is 5.78 Å². The minimum absolute atomic E-state index is 0.0395. The van der Waals surface area contributed by atoms with Crippen molar-refractivity contribution in [3.63, 3.8) is 0 Å². The van der Waals surface area contributed by atoms with Gasteiger partial charge in [0.25, 0.3) is 0 Å². The number of ketones is 1. The third-order valence-electron chi connectivity index (χ3n) is 6.00. The summed E-state index contributed by atoms with van der Waals surface area (Å²) in [6.07, 6.45) is -4.27. The molecule has 0 saturated heterocycles. The number of carbonyl (C=O) groups is 1. The number of aliphatic hydroxyl groups excluding tert-OH is 2. The zero-order chi connectivity index (χ0) is 24.9. The number of aromatic hydroxyl groups is 3. The number of hydrogen-bond acceptors (Lipinski definition) is 10. The number of carbonyl (C=O) groups excluding carboxylic acids is 1. The van der Waals surface area contributed by atoms with Gasteiger partial charge in [-0.15, -0.1) is 0 Å². The lowest BCUT2D eigenvalue weighted by Gasteiger charge is -2.35. The first-order valence-corrected chi connectivity index (χ1v) is 10.7. The number of ether oxygens (including phenoxy) is 4. The van der Waals surface area contributed by atoms with Crippen LogP contribution >= 0.6 is 0 Å². The molecule has 0 aromatic heterocycles. The van der Waals surface area contributed by atoms with Crippen molar-refractivity contribution >= 4 is 5.78 Å². The molecule has 5 rings (SSSR count). The van der Waals surface area contributed by atoms with Gasteiger partial charge in [0.15, 0.2) is 47.4 Å². The van der Waals surface area contributed by atoms with Crippen molar-refractivity contribution in [3.05, 3.63) is 65.2 Å². The molecule has 3 aromatic carbocycles. The Labute approximate surface area is 199 Å². The maximum absolute atomic E-state index is 12.7. The quantitative estimate of drug-likeness (QED) is 0.374. The molecule has 182 valence electrons. The summed E-state index contributed by atoms with van der Waals surface area (Å²) in [6.45, 7) is -0.384. The monoisotopic (exact) mass is 482 g/mol. The molecule has 35 heavy (non-hydrogen) atoms. The van der Waals surface area contributed by atoms with Crippen LogP contribution in [0.1, 0.15) is 33.7 Å². The standard InChI is InChI=1S/C25H22O10/c1-32-17-6-11(2-4-14(17)28)24-20(10-26)33-18-7-12(3-5-16(18)34-24)25-23(31)22(30)21-15(29)8-13(27)9-19(21)35-25/h2-9,20,23-29,31H,10H2,1H3. The molecular weight excluding hydrogens is 460 g/mol. The van der Waals surface area contributed by atoms with E-state index in [0.717, 1.165) is 6.07 Å². The molecule has 3 aromatic rings. The molecule has 4 atom stereocenters. The lowest BCUT2D eigenvalue weighted by Crippen LogP contribution is -2.37. The Morgan fingerprint density at radius 3 is 2.29 bits per heavy atom. The smallest absolute Gasteiger partial charge is 0.202 e. The molecule has 0 amide bonds. The molecule has 0 aliphatic carbocycles. The lowest BCUT2D eigenvalue weighted by atomic mass is 9.92. The summed E-state index contributed by atoms with van der Waals surface area (Å²) < 4.78 is 23.0. The number of benzene rings is 3. The maximum Gasteiger partial charge on any atom is 0.202 e. The van der Waals surface area contributed by atoms with Gasteiger partial charge in [0, 0.05) is 17.7 Å². The van der Waals surface area contributed by atoms with Crippen LogP contribution in [0, 0.1) is 0 Å². The highest BCUT2D eigenvalue weighted by molar-refractivity contribution is 6.05. The summed E-state index contributed by atoms with van der Waals surface area (Å²) in [5, 5.41) is 50.2. The van der Waals surface area contributed by atoms with Crippen LogP contribution < -0.4 is 18.9 Å². The summed E-state index contributed by atoms with van der Waals surface area (Å²) in [5.74, 6) is -0.789. The SMILES string of the molecule is COc1cc(C2Oc3ccc(C4Oc5cc(O)cc(O)c5C(=O)C4O)cc3OC2CO)ccc1O. The van der Waals surface area contributed by atoms with E-state index in [0.29, 0.717) is 16.9 Å². The summed E-state index contributed by atoms with van der Waals surface area (Å²) in [5.41, 5.74) is 0.779. The lowest BCUT2D eigenvalue weighted by molar-refractivity contribution is -0.0130. The summed E-state index contributed by atoms with van der Waals surface area (Å²) >= 11 is 0. The van der Waals surface area contributed by atoms with E-state index >= 15 is 0 Å². The zero-order valence-electron chi connectivity index (χ0n) is 18.4. The molecule has 10 nitrogen and oxygen atoms in total. The van der Waals surface area contributed by atoms with Crippen molar-refractivity contribution in [2.75, 3.05) is 13.7 Å². The predicted octanol–water partition coefficient (Wildman–Crippen LogP) is 2.36. The van der Waals surface area contributed by atoms with E-state index in [2.05, 4.69) is 0 Å². The van der Waals surface area contributed by atoms with Crippen molar-refractivity contribution in [1.29, 1.82) is 0 Å². The minimum Gasteiger partial charge on any atom is -0.508 e. The van der Waals surface area contributed by atoms with Crippen molar-refractivity contribution < 1.29 is 49.3 Å². The molecule has 0 bridgehead atoms. The number of phenols is 3. The topological polar surface area (TPSA) is 155 Å². The summed E-state index contributed by atoms with van der Waals surface area (Å²) in [4.78, 5) is 12.7. The fraction of sp³-hybridized carbons (Fsp3) is 0.240. The van der Waals surface area contributed by atoms with E-state index in [1.165, 1.54) is 25.3 Å². The van der Waals surface area contributed by atoms with Gasteiger partial charge in [-0.25, -0.2) is 0 Å². The highest BCUT2D eigenvalue weighted by Crippen LogP contribution is 2.45. The average molecular weight is 482 g/mol. The third kappa shape index (κ3) is 3.82. The minimum atomic E-state index is -1.62. The van der Waals surface area contributed by atoms with Crippen LogP contribution in [0.4, 0.5) is 0 Å². The Kier molecular flexibility index (Phi) is 5.54. The van der Waals surface area contributed by atoms with Gasteiger partial charge in [-0.1, -0.05) is 12.1 Å². The van der Waals surface area contributed by atoms with E-state index in [1.54, 1.807) is 24.3 Å². The normalized spacial score (nSPS) is 22.8. The second-order valence-corrected chi connectivity index (χ2v) is 8.20. The molecule has 0 radical (unpaired) electrons. The fourth-order valence-electron chi connectivity index (χ4n) is 4.28. The number of rotatable bonds is 4. The van der Waals surface area contributed by atoms with Crippen molar-refractivity contribution in [2.24, 2.45) is 0 Å². The van der Waals surface area contributed by atoms with Gasteiger partial charge in [-0.3, -0.25) is 4.79 Å². The van der Waals surface area contributed by atoms with Crippen molar-refractivity contribution in [2.45, 2.75) is 24.4 Å². The molecule has 5 N–H and O–H groups in total. The first-order valence-electron chi connectivity index (χ1n) is 10.7. The number of fused-ring (bicyclic) bond motifs is 2. The van der Waals surface area contributed by atoms with Gasteiger partial charge in [0.05, 0.1) is 13.7 Å². The van der Waals surface area contributed by atoms with Crippen LogP contribution in [0.15, 0.2) is 48.5 Å². The number of Topliss-reactive ketones (excluding diaryl/α,β-unsaturated/α-hetero) is 1. The van der Waals surface area contributed by atoms with E-state index in [1.807, 2.05) is 0 Å². The molecule has 0 spiro atoms. The third-order valence-corrected chi connectivity index (χ3v) is 6.00. The Balaban J connectivity index is 1.46. The van der Waals surface area contributed by atoms with Gasteiger partial charge < -0.3 is 44.5 Å². The first-order chi connectivity index (χ1) is 16.8. The maximum atomic E-state index is 12.7. The van der Waals surface area contributed by atoms with Gasteiger partial charge >= 0.3 is 0 Å². The van der Waals surface area contributed by atoms with Crippen molar-refractivity contribution in [3.8, 4) is 40.2 Å². The Morgan fingerprint density at radius 1 is 0.829 bits per heavy atom. The van der Waals surface area contributed by atoms with Gasteiger partial charge in [-0.05, 0) is 29.8 Å².